The van der Waals surface area contributed by atoms with Gasteiger partial charge in [-0.1, -0.05) is 42.4 Å². The number of hydrogen-bond donors (Lipinski definition) is 2. The number of methoxy groups -OCH3 is 1. The molecule has 3 aliphatic rings. The molecule has 5 rings (SSSR count). The van der Waals surface area contributed by atoms with Crippen molar-refractivity contribution in [2.45, 2.75) is 59.6 Å². The molecule has 0 spiro atoms. The summed E-state index contributed by atoms with van der Waals surface area (Å²) in [6, 6.07) is 10.4. The van der Waals surface area contributed by atoms with Crippen LogP contribution in [-0.4, -0.2) is 24.4 Å². The predicted octanol–water partition coefficient (Wildman–Crippen LogP) is 7.07. The van der Waals surface area contributed by atoms with E-state index in [1.807, 2.05) is 18.2 Å². The Morgan fingerprint density at radius 1 is 1.09 bits per heavy atom. The van der Waals surface area contributed by atoms with E-state index in [1.165, 1.54) is 27.8 Å². The van der Waals surface area contributed by atoms with Gasteiger partial charge < -0.3 is 19.9 Å². The molecule has 178 valence electrons. The molecule has 0 aromatic heterocycles. The van der Waals surface area contributed by atoms with Gasteiger partial charge in [-0.25, -0.2) is 0 Å². The van der Waals surface area contributed by atoms with E-state index < -0.39 is 0 Å². The summed E-state index contributed by atoms with van der Waals surface area (Å²) in [6.45, 7) is 13.2. The Morgan fingerprint density at radius 2 is 1.85 bits per heavy atom. The van der Waals surface area contributed by atoms with Crippen LogP contribution in [0.1, 0.15) is 65.2 Å². The van der Waals surface area contributed by atoms with E-state index in [1.54, 1.807) is 7.11 Å². The first-order valence-electron chi connectivity index (χ1n) is 12.1. The lowest BCUT2D eigenvalue weighted by atomic mass is 9.64. The topological polar surface area (TPSA) is 50.7 Å². The lowest BCUT2D eigenvalue weighted by Gasteiger charge is -2.46. The fraction of sp³-hybridized carbons (Fsp3) is 0.400. The number of nitrogens with one attached hydrogen (secondary N) is 1. The van der Waals surface area contributed by atoms with Crippen LogP contribution in [-0.2, 0) is 0 Å². The number of fused-ring (bicyclic) bond motifs is 5. The van der Waals surface area contributed by atoms with Crippen LogP contribution in [0.3, 0.4) is 0 Å². The Hall–Kier alpha value is -2.98. The molecular weight excluding hydrogens is 422 g/mol. The first-order valence-corrected chi connectivity index (χ1v) is 12.1. The summed E-state index contributed by atoms with van der Waals surface area (Å²) in [7, 11) is 1.71. The maximum absolute atomic E-state index is 10.1. The summed E-state index contributed by atoms with van der Waals surface area (Å²) in [5.41, 5.74) is 9.95. The summed E-state index contributed by atoms with van der Waals surface area (Å²) in [4.78, 5) is 0. The maximum Gasteiger partial charge on any atom is 0.134 e. The minimum atomic E-state index is -0.311. The van der Waals surface area contributed by atoms with Crippen molar-refractivity contribution in [3.05, 3.63) is 70.3 Å². The highest BCUT2D eigenvalue weighted by atomic mass is 16.5. The molecule has 2 aromatic rings. The van der Waals surface area contributed by atoms with E-state index in [2.05, 4.69) is 71.1 Å². The average Bonchev–Trinajstić information content (AvgIpc) is 2.78. The third kappa shape index (κ3) is 3.31. The van der Waals surface area contributed by atoms with Gasteiger partial charge >= 0.3 is 0 Å². The summed E-state index contributed by atoms with van der Waals surface area (Å²) in [6.07, 6.45) is 5.10. The van der Waals surface area contributed by atoms with E-state index in [9.17, 15) is 5.11 Å². The van der Waals surface area contributed by atoms with Crippen LogP contribution in [0.25, 0.3) is 16.7 Å². The third-order valence-electron chi connectivity index (χ3n) is 7.81. The van der Waals surface area contributed by atoms with Crippen LogP contribution in [0.2, 0.25) is 0 Å². The van der Waals surface area contributed by atoms with Gasteiger partial charge in [-0.05, 0) is 75.9 Å². The molecule has 1 aliphatic carbocycles. The van der Waals surface area contributed by atoms with Gasteiger partial charge in [-0.3, -0.25) is 0 Å². The van der Waals surface area contributed by atoms with Gasteiger partial charge in [0.2, 0.25) is 0 Å². The Balaban J connectivity index is 1.83. The number of hydrogen-bond acceptors (Lipinski definition) is 4. The lowest BCUT2D eigenvalue weighted by Crippen LogP contribution is -2.38. The molecule has 0 saturated heterocycles. The second-order valence-electron chi connectivity index (χ2n) is 10.8. The molecule has 2 unspecified atom stereocenters. The Kier molecular flexibility index (Phi) is 5.21. The SMILES string of the molecule is COc1cccc2c1-c1ccc3c(c1C(C1(C)CC(C)=CC(CO)=C1C)O2)C(C)=CC(C)(C)N3. The van der Waals surface area contributed by atoms with E-state index in [0.717, 1.165) is 40.3 Å². The number of allylic oxidation sites excluding steroid dienone is 2. The van der Waals surface area contributed by atoms with Gasteiger partial charge in [0, 0.05) is 22.2 Å². The van der Waals surface area contributed by atoms with Crippen molar-refractivity contribution >= 4 is 11.3 Å². The Labute approximate surface area is 203 Å². The smallest absolute Gasteiger partial charge is 0.134 e. The third-order valence-corrected chi connectivity index (χ3v) is 7.81. The highest BCUT2D eigenvalue weighted by Gasteiger charge is 2.47. The summed E-state index contributed by atoms with van der Waals surface area (Å²) in [5, 5.41) is 13.9. The fourth-order valence-corrected chi connectivity index (χ4v) is 6.30. The standard InChI is InChI=1S/C30H35NO3/c1-17-13-20(16-32)19(3)30(6,14-17)28-27-21(26-23(33-7)9-8-10-24(26)34-28)11-12-22-25(27)18(2)15-29(4,5)31-22/h8-13,15,28,31-32H,14,16H2,1-7H3. The van der Waals surface area contributed by atoms with Gasteiger partial charge in [0.05, 0.1) is 24.8 Å². The molecule has 2 aromatic carbocycles. The normalized spacial score (nSPS) is 24.6. The fourth-order valence-electron chi connectivity index (χ4n) is 6.30. The van der Waals surface area contributed by atoms with Crippen molar-refractivity contribution in [3.63, 3.8) is 0 Å². The molecule has 0 saturated carbocycles. The molecule has 2 atom stereocenters. The molecule has 4 heteroatoms. The van der Waals surface area contributed by atoms with Crippen molar-refractivity contribution in [2.75, 3.05) is 19.0 Å². The lowest BCUT2D eigenvalue weighted by molar-refractivity contribution is 0.0800. The summed E-state index contributed by atoms with van der Waals surface area (Å²) >= 11 is 0. The van der Waals surface area contributed by atoms with Crippen LogP contribution in [0.15, 0.2) is 59.2 Å². The number of benzene rings is 2. The van der Waals surface area contributed by atoms with E-state index in [4.69, 9.17) is 9.47 Å². The molecule has 2 aliphatic heterocycles. The van der Waals surface area contributed by atoms with Gasteiger partial charge in [-0.2, -0.15) is 0 Å². The van der Waals surface area contributed by atoms with Crippen LogP contribution in [0, 0.1) is 5.41 Å². The Morgan fingerprint density at radius 3 is 2.56 bits per heavy atom. The first kappa shape index (κ1) is 22.8. The van der Waals surface area contributed by atoms with E-state index >= 15 is 0 Å². The minimum Gasteiger partial charge on any atom is -0.496 e. The Bertz CT molecular complexity index is 1280. The van der Waals surface area contributed by atoms with Crippen molar-refractivity contribution in [3.8, 4) is 22.6 Å². The van der Waals surface area contributed by atoms with Crippen molar-refractivity contribution < 1.29 is 14.6 Å². The summed E-state index contributed by atoms with van der Waals surface area (Å²) < 4.78 is 12.7. The van der Waals surface area contributed by atoms with Crippen LogP contribution in [0.4, 0.5) is 5.69 Å². The number of aliphatic hydroxyl groups is 1. The molecule has 0 bridgehead atoms. The highest BCUT2D eigenvalue weighted by Crippen LogP contribution is 2.59. The maximum atomic E-state index is 10.1. The average molecular weight is 458 g/mol. The molecule has 0 fully saturated rings. The molecule has 34 heavy (non-hydrogen) atoms. The summed E-state index contributed by atoms with van der Waals surface area (Å²) in [5.74, 6) is 1.66. The molecule has 2 N–H and O–H groups in total. The molecule has 0 radical (unpaired) electrons. The zero-order chi connectivity index (χ0) is 24.4. The highest BCUT2D eigenvalue weighted by molar-refractivity contribution is 5.91. The van der Waals surface area contributed by atoms with E-state index in [-0.39, 0.29) is 23.7 Å². The van der Waals surface area contributed by atoms with Gasteiger partial charge in [0.1, 0.15) is 17.6 Å². The van der Waals surface area contributed by atoms with Crippen molar-refractivity contribution in [1.82, 2.24) is 0 Å². The first-order chi connectivity index (χ1) is 16.1. The largest absolute Gasteiger partial charge is 0.496 e. The van der Waals surface area contributed by atoms with Crippen LogP contribution < -0.4 is 14.8 Å². The van der Waals surface area contributed by atoms with Crippen LogP contribution >= 0.6 is 0 Å². The molecule has 4 nitrogen and oxygen atoms in total. The number of ether oxygens (including phenoxy) is 2. The monoisotopic (exact) mass is 457 g/mol. The van der Waals surface area contributed by atoms with Crippen LogP contribution in [0.5, 0.6) is 11.5 Å². The quantitative estimate of drug-likeness (QED) is 0.518. The zero-order valence-corrected chi connectivity index (χ0v) is 21.3. The molecule has 0 amide bonds. The van der Waals surface area contributed by atoms with Gasteiger partial charge in [-0.15, -0.1) is 0 Å². The van der Waals surface area contributed by atoms with Crippen molar-refractivity contribution in [2.24, 2.45) is 5.41 Å². The van der Waals surface area contributed by atoms with Crippen molar-refractivity contribution in [1.29, 1.82) is 0 Å². The predicted molar refractivity (Wildman–Crippen MR) is 139 cm³/mol. The minimum absolute atomic E-state index is 0.0321. The zero-order valence-electron chi connectivity index (χ0n) is 21.3. The number of rotatable bonds is 3. The molecular formula is C30H35NO3. The number of anilines is 1. The second kappa shape index (κ2) is 7.78. The van der Waals surface area contributed by atoms with Gasteiger partial charge in [0.15, 0.2) is 0 Å². The number of aliphatic hydroxyl groups excluding tert-OH is 1. The second-order valence-corrected chi connectivity index (χ2v) is 10.8. The van der Waals surface area contributed by atoms with E-state index in [0.29, 0.717) is 0 Å². The van der Waals surface area contributed by atoms with Gasteiger partial charge in [0.25, 0.3) is 0 Å². The molecule has 2 heterocycles.